The molecule has 2 heterocycles. The van der Waals surface area contributed by atoms with Crippen molar-refractivity contribution in [1.29, 1.82) is 0 Å². The Kier molecular flexibility index (Phi) is 4.51. The molecule has 3 aromatic rings. The van der Waals surface area contributed by atoms with E-state index in [1.54, 1.807) is 37.4 Å². The van der Waals surface area contributed by atoms with E-state index in [9.17, 15) is 4.79 Å². The van der Waals surface area contributed by atoms with Crippen LogP contribution in [0.4, 0.5) is 6.01 Å². The first kappa shape index (κ1) is 15.8. The van der Waals surface area contributed by atoms with Gasteiger partial charge in [-0.25, -0.2) is 0 Å². The molecule has 0 saturated carbocycles. The van der Waals surface area contributed by atoms with E-state index in [0.29, 0.717) is 25.5 Å². The molecule has 0 radical (unpaired) electrons. The summed E-state index contributed by atoms with van der Waals surface area (Å²) < 4.78 is 11.4. The molecule has 0 aliphatic rings. The lowest BCUT2D eigenvalue weighted by Crippen LogP contribution is -2.11. The third-order valence-corrected chi connectivity index (χ3v) is 4.37. The molecule has 1 amide bonds. The normalized spacial score (nSPS) is 10.6. The minimum atomic E-state index is -0.377. The Balaban J connectivity index is 1.75. The summed E-state index contributed by atoms with van der Waals surface area (Å²) in [4.78, 5) is 12.1. The molecule has 0 saturated heterocycles. The molecule has 0 fully saturated rings. The van der Waals surface area contributed by atoms with Crippen LogP contribution in [0.15, 0.2) is 34.7 Å². The zero-order valence-electron chi connectivity index (χ0n) is 11.7. The summed E-state index contributed by atoms with van der Waals surface area (Å²) >= 11 is 13.1. The zero-order valence-corrected chi connectivity index (χ0v) is 14.0. The van der Waals surface area contributed by atoms with E-state index in [2.05, 4.69) is 15.5 Å². The van der Waals surface area contributed by atoms with Crippen molar-refractivity contribution in [3.8, 4) is 17.2 Å². The van der Waals surface area contributed by atoms with E-state index < -0.39 is 0 Å². The number of amides is 1. The number of carbonyl (C=O) groups excluding carboxylic acids is 1. The van der Waals surface area contributed by atoms with Gasteiger partial charge in [0.05, 0.1) is 17.0 Å². The molecule has 1 N–H and O–H groups in total. The van der Waals surface area contributed by atoms with Gasteiger partial charge in [-0.05, 0) is 30.3 Å². The SMILES string of the molecule is COc1ccc(C(=O)Nc2nnc(-c3cc(Cl)sc3Cl)o2)cc1. The predicted molar refractivity (Wildman–Crippen MR) is 88.6 cm³/mol. The summed E-state index contributed by atoms with van der Waals surface area (Å²) in [5.74, 6) is 0.464. The van der Waals surface area contributed by atoms with Crippen molar-refractivity contribution < 1.29 is 13.9 Å². The largest absolute Gasteiger partial charge is 0.497 e. The second-order valence-corrected chi connectivity index (χ2v) is 6.62. The number of anilines is 1. The molecule has 1 aromatic carbocycles. The highest BCUT2D eigenvalue weighted by atomic mass is 35.5. The minimum absolute atomic E-state index is 0.0285. The fourth-order valence-corrected chi connectivity index (χ4v) is 3.23. The number of hydrogen-bond donors (Lipinski definition) is 1. The van der Waals surface area contributed by atoms with Gasteiger partial charge in [0.15, 0.2) is 0 Å². The van der Waals surface area contributed by atoms with Crippen molar-refractivity contribution in [2.75, 3.05) is 12.4 Å². The lowest BCUT2D eigenvalue weighted by molar-refractivity contribution is 0.102. The first-order chi connectivity index (χ1) is 11.1. The van der Waals surface area contributed by atoms with Gasteiger partial charge in [-0.3, -0.25) is 10.1 Å². The molecule has 6 nitrogen and oxygen atoms in total. The quantitative estimate of drug-likeness (QED) is 0.738. The van der Waals surface area contributed by atoms with E-state index in [4.69, 9.17) is 32.4 Å². The Morgan fingerprint density at radius 3 is 2.61 bits per heavy atom. The summed E-state index contributed by atoms with van der Waals surface area (Å²) in [6, 6.07) is 8.21. The number of halogens is 2. The third kappa shape index (κ3) is 3.47. The van der Waals surface area contributed by atoms with Crippen LogP contribution < -0.4 is 10.1 Å². The first-order valence-corrected chi connectivity index (χ1v) is 7.88. The molecular formula is C14H9Cl2N3O3S. The van der Waals surface area contributed by atoms with Crippen molar-refractivity contribution in [1.82, 2.24) is 10.2 Å². The smallest absolute Gasteiger partial charge is 0.322 e. The average molecular weight is 370 g/mol. The number of nitrogens with zero attached hydrogens (tertiary/aromatic N) is 2. The van der Waals surface area contributed by atoms with Crippen molar-refractivity contribution in [2.45, 2.75) is 0 Å². The Labute approximate surface area is 145 Å². The number of carbonyl (C=O) groups is 1. The van der Waals surface area contributed by atoms with Crippen LogP contribution in [0.3, 0.4) is 0 Å². The van der Waals surface area contributed by atoms with Crippen LogP contribution in [0, 0.1) is 0 Å². The number of aromatic nitrogens is 2. The number of benzene rings is 1. The van der Waals surface area contributed by atoms with Crippen LogP contribution in [-0.4, -0.2) is 23.2 Å². The molecule has 0 atom stereocenters. The number of thiophene rings is 1. The highest BCUT2D eigenvalue weighted by Gasteiger charge is 2.17. The van der Waals surface area contributed by atoms with Gasteiger partial charge in [0.25, 0.3) is 11.8 Å². The highest BCUT2D eigenvalue weighted by Crippen LogP contribution is 2.37. The fourth-order valence-electron chi connectivity index (χ4n) is 1.78. The third-order valence-electron chi connectivity index (χ3n) is 2.88. The predicted octanol–water partition coefficient (Wildman–Crippen LogP) is 4.37. The highest BCUT2D eigenvalue weighted by molar-refractivity contribution is 7.20. The van der Waals surface area contributed by atoms with Crippen molar-refractivity contribution in [3.63, 3.8) is 0 Å². The maximum atomic E-state index is 12.1. The van der Waals surface area contributed by atoms with E-state index in [1.165, 1.54) is 11.3 Å². The van der Waals surface area contributed by atoms with Crippen molar-refractivity contribution in [2.24, 2.45) is 0 Å². The molecule has 2 aromatic heterocycles. The van der Waals surface area contributed by atoms with Crippen LogP contribution in [0.1, 0.15) is 10.4 Å². The molecule has 118 valence electrons. The summed E-state index contributed by atoms with van der Waals surface area (Å²) in [5.41, 5.74) is 0.960. The minimum Gasteiger partial charge on any atom is -0.497 e. The first-order valence-electron chi connectivity index (χ1n) is 6.31. The van der Waals surface area contributed by atoms with Crippen LogP contribution in [0.5, 0.6) is 5.75 Å². The molecule has 0 unspecified atom stereocenters. The second-order valence-electron chi connectivity index (χ2n) is 4.33. The Morgan fingerprint density at radius 2 is 2.00 bits per heavy atom. The van der Waals surface area contributed by atoms with Gasteiger partial charge in [-0.15, -0.1) is 16.4 Å². The Morgan fingerprint density at radius 1 is 1.26 bits per heavy atom. The zero-order chi connectivity index (χ0) is 16.4. The molecule has 0 spiro atoms. The molecule has 9 heteroatoms. The second kappa shape index (κ2) is 6.57. The Hall–Kier alpha value is -2.09. The van der Waals surface area contributed by atoms with E-state index in [-0.39, 0.29) is 17.8 Å². The van der Waals surface area contributed by atoms with Crippen LogP contribution in [-0.2, 0) is 0 Å². The molecule has 23 heavy (non-hydrogen) atoms. The van der Waals surface area contributed by atoms with Crippen molar-refractivity contribution >= 4 is 46.5 Å². The standard InChI is InChI=1S/C14H9Cl2N3O3S/c1-21-8-4-2-7(3-5-8)12(20)17-14-19-18-13(22-14)9-6-10(15)23-11(9)16/h2-6H,1H3,(H,17,19,20). The molecule has 0 aliphatic carbocycles. The lowest BCUT2D eigenvalue weighted by Gasteiger charge is -2.02. The van der Waals surface area contributed by atoms with Crippen LogP contribution in [0.2, 0.25) is 8.67 Å². The molecule has 0 aliphatic heterocycles. The molecular weight excluding hydrogens is 361 g/mol. The lowest BCUT2D eigenvalue weighted by atomic mass is 10.2. The number of rotatable bonds is 4. The fraction of sp³-hybridized carbons (Fsp3) is 0.0714. The van der Waals surface area contributed by atoms with E-state index >= 15 is 0 Å². The van der Waals surface area contributed by atoms with Gasteiger partial charge >= 0.3 is 6.01 Å². The number of nitrogens with one attached hydrogen (secondary N) is 1. The molecule has 0 bridgehead atoms. The van der Waals surface area contributed by atoms with E-state index in [0.717, 1.165) is 0 Å². The van der Waals surface area contributed by atoms with Crippen LogP contribution in [0.25, 0.3) is 11.5 Å². The van der Waals surface area contributed by atoms with E-state index in [1.807, 2.05) is 0 Å². The summed E-state index contributed by atoms with van der Waals surface area (Å²) in [6.45, 7) is 0. The number of methoxy groups -OCH3 is 1. The topological polar surface area (TPSA) is 77.2 Å². The van der Waals surface area contributed by atoms with Gasteiger partial charge in [0.2, 0.25) is 0 Å². The summed E-state index contributed by atoms with van der Waals surface area (Å²) in [5, 5.41) is 10.1. The number of hydrogen-bond acceptors (Lipinski definition) is 6. The van der Waals surface area contributed by atoms with Gasteiger partial charge in [0, 0.05) is 5.56 Å². The van der Waals surface area contributed by atoms with Crippen molar-refractivity contribution in [3.05, 3.63) is 44.6 Å². The monoisotopic (exact) mass is 369 g/mol. The Bertz CT molecular complexity index is 845. The summed E-state index contributed by atoms with van der Waals surface area (Å²) in [7, 11) is 1.55. The summed E-state index contributed by atoms with van der Waals surface area (Å²) in [6.07, 6.45) is 0. The maximum Gasteiger partial charge on any atom is 0.322 e. The average Bonchev–Trinajstić information content (AvgIpc) is 3.13. The van der Waals surface area contributed by atoms with Crippen LogP contribution >= 0.6 is 34.5 Å². The van der Waals surface area contributed by atoms with Gasteiger partial charge in [-0.1, -0.05) is 28.3 Å². The number of ether oxygens (including phenoxy) is 1. The van der Waals surface area contributed by atoms with Gasteiger partial charge in [0.1, 0.15) is 10.1 Å². The molecule has 3 rings (SSSR count). The van der Waals surface area contributed by atoms with Gasteiger partial charge in [-0.2, -0.15) is 0 Å². The maximum absolute atomic E-state index is 12.1. The van der Waals surface area contributed by atoms with Gasteiger partial charge < -0.3 is 9.15 Å².